The molecule has 1 aromatic carbocycles. The summed E-state index contributed by atoms with van der Waals surface area (Å²) in [4.78, 5) is 12.1. The SMILES string of the molecule is O=C(NC(C1CC1)C1CC1)c1ccc(F)c(C(F)(F)F)c1. The highest BCUT2D eigenvalue weighted by Crippen LogP contribution is 2.44. The molecule has 6 heteroatoms. The van der Waals surface area contributed by atoms with E-state index >= 15 is 0 Å². The molecule has 0 aliphatic heterocycles. The molecule has 0 bridgehead atoms. The van der Waals surface area contributed by atoms with Gasteiger partial charge in [-0.15, -0.1) is 0 Å². The fourth-order valence-corrected chi connectivity index (χ4v) is 2.65. The van der Waals surface area contributed by atoms with Crippen molar-refractivity contribution in [3.8, 4) is 0 Å². The van der Waals surface area contributed by atoms with E-state index in [1.165, 1.54) is 0 Å². The van der Waals surface area contributed by atoms with Gasteiger partial charge in [-0.3, -0.25) is 4.79 Å². The fraction of sp³-hybridized carbons (Fsp3) is 0.533. The fourth-order valence-electron chi connectivity index (χ4n) is 2.65. The summed E-state index contributed by atoms with van der Waals surface area (Å²) >= 11 is 0. The van der Waals surface area contributed by atoms with Gasteiger partial charge < -0.3 is 5.32 Å². The van der Waals surface area contributed by atoms with Crippen LogP contribution in [-0.2, 0) is 6.18 Å². The Morgan fingerprint density at radius 2 is 1.71 bits per heavy atom. The minimum absolute atomic E-state index is 0.0527. The van der Waals surface area contributed by atoms with Crippen LogP contribution in [0.4, 0.5) is 17.6 Å². The molecule has 21 heavy (non-hydrogen) atoms. The van der Waals surface area contributed by atoms with Crippen molar-refractivity contribution in [1.82, 2.24) is 5.32 Å². The van der Waals surface area contributed by atoms with Crippen molar-refractivity contribution in [1.29, 1.82) is 0 Å². The topological polar surface area (TPSA) is 29.1 Å². The number of rotatable bonds is 4. The quantitative estimate of drug-likeness (QED) is 0.843. The molecule has 1 amide bonds. The van der Waals surface area contributed by atoms with Gasteiger partial charge in [-0.2, -0.15) is 13.2 Å². The summed E-state index contributed by atoms with van der Waals surface area (Å²) in [5.74, 6) is -1.02. The van der Waals surface area contributed by atoms with E-state index in [2.05, 4.69) is 5.32 Å². The van der Waals surface area contributed by atoms with Crippen molar-refractivity contribution >= 4 is 5.91 Å². The third-order valence-corrected chi connectivity index (χ3v) is 4.09. The second-order valence-electron chi connectivity index (χ2n) is 5.87. The number of carbonyl (C=O) groups is 1. The third-order valence-electron chi connectivity index (χ3n) is 4.09. The smallest absolute Gasteiger partial charge is 0.349 e. The van der Waals surface area contributed by atoms with Crippen LogP contribution in [0.25, 0.3) is 0 Å². The summed E-state index contributed by atoms with van der Waals surface area (Å²) in [6.45, 7) is 0. The molecule has 2 aliphatic carbocycles. The average molecular weight is 301 g/mol. The normalized spacial score (nSPS) is 18.9. The monoisotopic (exact) mass is 301 g/mol. The Morgan fingerprint density at radius 3 is 2.19 bits per heavy atom. The summed E-state index contributed by atoms with van der Waals surface area (Å²) in [5, 5.41) is 2.83. The van der Waals surface area contributed by atoms with Crippen LogP contribution in [0, 0.1) is 17.7 Å². The Labute approximate surface area is 119 Å². The van der Waals surface area contributed by atoms with E-state index in [1.54, 1.807) is 0 Å². The first-order chi connectivity index (χ1) is 9.86. The Morgan fingerprint density at radius 1 is 1.14 bits per heavy atom. The van der Waals surface area contributed by atoms with Gasteiger partial charge in [0.1, 0.15) is 5.82 Å². The standard InChI is InChI=1S/C15H15F4NO/c16-12-6-5-10(7-11(12)15(17,18)19)14(21)20-13(8-1-2-8)9-3-4-9/h5-9,13H,1-4H2,(H,20,21). The molecule has 3 rings (SSSR count). The minimum Gasteiger partial charge on any atom is -0.349 e. The van der Waals surface area contributed by atoms with Crippen LogP contribution >= 0.6 is 0 Å². The lowest BCUT2D eigenvalue weighted by atomic mass is 10.1. The van der Waals surface area contributed by atoms with Gasteiger partial charge in [-0.05, 0) is 55.7 Å². The highest BCUT2D eigenvalue weighted by molar-refractivity contribution is 5.94. The van der Waals surface area contributed by atoms with Gasteiger partial charge in [0.2, 0.25) is 0 Å². The Balaban J connectivity index is 1.78. The number of amides is 1. The lowest BCUT2D eigenvalue weighted by Gasteiger charge is -2.18. The van der Waals surface area contributed by atoms with Crippen molar-refractivity contribution in [3.63, 3.8) is 0 Å². The van der Waals surface area contributed by atoms with Crippen molar-refractivity contribution in [2.24, 2.45) is 11.8 Å². The lowest BCUT2D eigenvalue weighted by Crippen LogP contribution is -2.38. The number of hydrogen-bond donors (Lipinski definition) is 1. The van der Waals surface area contributed by atoms with Crippen LogP contribution in [0.5, 0.6) is 0 Å². The van der Waals surface area contributed by atoms with Crippen LogP contribution in [-0.4, -0.2) is 11.9 Å². The second kappa shape index (κ2) is 5.00. The maximum Gasteiger partial charge on any atom is 0.419 e. The Bertz CT molecular complexity index is 549. The number of alkyl halides is 3. The molecule has 1 N–H and O–H groups in total. The molecule has 2 nitrogen and oxygen atoms in total. The van der Waals surface area contributed by atoms with E-state index in [0.29, 0.717) is 24.0 Å². The van der Waals surface area contributed by atoms with Crippen LogP contribution in [0.3, 0.4) is 0 Å². The predicted molar refractivity (Wildman–Crippen MR) is 68.1 cm³/mol. The molecule has 0 saturated heterocycles. The molecule has 2 fully saturated rings. The van der Waals surface area contributed by atoms with Crippen LogP contribution in [0.2, 0.25) is 0 Å². The predicted octanol–water partition coefficient (Wildman–Crippen LogP) is 3.76. The molecule has 0 heterocycles. The van der Waals surface area contributed by atoms with Crippen molar-refractivity contribution in [2.75, 3.05) is 0 Å². The van der Waals surface area contributed by atoms with Gasteiger partial charge in [-0.1, -0.05) is 0 Å². The van der Waals surface area contributed by atoms with E-state index in [-0.39, 0.29) is 11.6 Å². The van der Waals surface area contributed by atoms with Crippen molar-refractivity contribution < 1.29 is 22.4 Å². The largest absolute Gasteiger partial charge is 0.419 e. The van der Waals surface area contributed by atoms with Gasteiger partial charge in [-0.25, -0.2) is 4.39 Å². The van der Waals surface area contributed by atoms with E-state index in [1.807, 2.05) is 0 Å². The highest BCUT2D eigenvalue weighted by Gasteiger charge is 2.42. The summed E-state index contributed by atoms with van der Waals surface area (Å²) in [6, 6.07) is 2.43. The van der Waals surface area contributed by atoms with E-state index < -0.39 is 23.5 Å². The number of hydrogen-bond acceptors (Lipinski definition) is 1. The molecule has 114 valence electrons. The van der Waals surface area contributed by atoms with Crippen molar-refractivity contribution in [2.45, 2.75) is 37.9 Å². The molecule has 0 unspecified atom stereocenters. The molecular weight excluding hydrogens is 286 g/mol. The summed E-state index contributed by atoms with van der Waals surface area (Å²) in [6.07, 6.45) is -0.582. The number of carbonyl (C=O) groups excluding carboxylic acids is 1. The molecule has 0 atom stereocenters. The zero-order valence-corrected chi connectivity index (χ0v) is 11.2. The van der Waals surface area contributed by atoms with E-state index in [9.17, 15) is 22.4 Å². The zero-order valence-electron chi connectivity index (χ0n) is 11.2. The first-order valence-electron chi connectivity index (χ1n) is 7.04. The summed E-state index contributed by atoms with van der Waals surface area (Å²) < 4.78 is 51.2. The van der Waals surface area contributed by atoms with Crippen LogP contribution < -0.4 is 5.32 Å². The van der Waals surface area contributed by atoms with Gasteiger partial charge in [0.15, 0.2) is 0 Å². The van der Waals surface area contributed by atoms with Gasteiger partial charge in [0.05, 0.1) is 5.56 Å². The Kier molecular flexibility index (Phi) is 3.42. The number of nitrogens with one attached hydrogen (secondary N) is 1. The zero-order chi connectivity index (χ0) is 15.2. The summed E-state index contributed by atoms with van der Waals surface area (Å²) in [7, 11) is 0. The average Bonchev–Trinajstić information content (AvgIpc) is 3.27. The Hall–Kier alpha value is -1.59. The molecule has 1 aromatic rings. The maximum absolute atomic E-state index is 13.2. The summed E-state index contributed by atoms with van der Waals surface area (Å²) in [5.41, 5.74) is -1.54. The molecule has 2 saturated carbocycles. The van der Waals surface area contributed by atoms with Crippen LogP contribution in [0.15, 0.2) is 18.2 Å². The van der Waals surface area contributed by atoms with E-state index in [0.717, 1.165) is 31.7 Å². The van der Waals surface area contributed by atoms with Gasteiger partial charge >= 0.3 is 6.18 Å². The van der Waals surface area contributed by atoms with Gasteiger partial charge in [0, 0.05) is 11.6 Å². The minimum atomic E-state index is -4.80. The first kappa shape index (κ1) is 14.4. The van der Waals surface area contributed by atoms with E-state index in [4.69, 9.17) is 0 Å². The first-order valence-corrected chi connectivity index (χ1v) is 7.04. The maximum atomic E-state index is 13.2. The highest BCUT2D eigenvalue weighted by atomic mass is 19.4. The molecule has 0 radical (unpaired) electrons. The molecule has 0 spiro atoms. The second-order valence-corrected chi connectivity index (χ2v) is 5.87. The van der Waals surface area contributed by atoms with Crippen LogP contribution in [0.1, 0.15) is 41.6 Å². The lowest BCUT2D eigenvalue weighted by molar-refractivity contribution is -0.140. The van der Waals surface area contributed by atoms with Gasteiger partial charge in [0.25, 0.3) is 5.91 Å². The third kappa shape index (κ3) is 3.19. The molecule has 0 aromatic heterocycles. The van der Waals surface area contributed by atoms with Crippen molar-refractivity contribution in [3.05, 3.63) is 35.1 Å². The number of halogens is 4. The number of benzene rings is 1. The molecular formula is C15H15F4NO. The molecule has 2 aliphatic rings.